The van der Waals surface area contributed by atoms with Crippen molar-refractivity contribution in [1.82, 2.24) is 5.32 Å². The van der Waals surface area contributed by atoms with Gasteiger partial charge in [0.1, 0.15) is 73.2 Å². The number of aliphatic hydroxyl groups excluding tert-OH is 11. The Hall–Kier alpha value is -1.99. The summed E-state index contributed by atoms with van der Waals surface area (Å²) in [7, 11) is 0. The molecule has 582 valence electrons. The van der Waals surface area contributed by atoms with E-state index < -0.39 is 124 Å². The average molecular weight is 1410 g/mol. The molecule has 0 aromatic carbocycles. The molecular weight excluding hydrogens is 1260 g/mol. The summed E-state index contributed by atoms with van der Waals surface area (Å²) in [5.41, 5.74) is 0. The van der Waals surface area contributed by atoms with Gasteiger partial charge in [0.2, 0.25) is 5.91 Å². The zero-order valence-corrected chi connectivity index (χ0v) is 62.2. The molecule has 3 aliphatic rings. The highest BCUT2D eigenvalue weighted by Crippen LogP contribution is 2.33. The lowest BCUT2D eigenvalue weighted by atomic mass is 9.96. The van der Waals surface area contributed by atoms with Crippen LogP contribution in [-0.4, -0.2) is 193 Å². The summed E-state index contributed by atoms with van der Waals surface area (Å²) in [4.78, 5) is 13.5. The summed E-state index contributed by atoms with van der Waals surface area (Å²) in [5, 5.41) is 121. The van der Waals surface area contributed by atoms with Crippen molar-refractivity contribution in [2.24, 2.45) is 0 Å². The number of nitrogens with one attached hydrogen (secondary N) is 1. The van der Waals surface area contributed by atoms with Crippen molar-refractivity contribution in [3.8, 4) is 0 Å². The van der Waals surface area contributed by atoms with Crippen LogP contribution in [-0.2, 0) is 33.2 Å². The highest BCUT2D eigenvalue weighted by Gasteiger charge is 2.54. The molecule has 3 rings (SSSR count). The van der Waals surface area contributed by atoms with E-state index in [1.54, 1.807) is 0 Å². The van der Waals surface area contributed by atoms with Crippen LogP contribution in [0.15, 0.2) is 36.5 Å². The lowest BCUT2D eigenvalue weighted by Crippen LogP contribution is -2.66. The molecule has 1 amide bonds. The number of aliphatic hydroxyl groups is 11. The van der Waals surface area contributed by atoms with Crippen LogP contribution in [0, 0.1) is 0 Å². The van der Waals surface area contributed by atoms with Crippen molar-refractivity contribution in [2.75, 3.05) is 26.4 Å². The van der Waals surface area contributed by atoms with E-state index in [-0.39, 0.29) is 18.9 Å². The number of ether oxygens (including phenoxy) is 6. The molecule has 3 fully saturated rings. The lowest BCUT2D eigenvalue weighted by molar-refractivity contribution is -0.379. The van der Waals surface area contributed by atoms with E-state index in [0.29, 0.717) is 12.8 Å². The minimum atomic E-state index is -1.97. The van der Waals surface area contributed by atoms with Gasteiger partial charge in [0.05, 0.1) is 38.6 Å². The molecule has 12 N–H and O–H groups in total. The molecule has 3 saturated heterocycles. The summed E-state index contributed by atoms with van der Waals surface area (Å²) in [6.45, 7) is 1.84. The van der Waals surface area contributed by atoms with E-state index in [2.05, 4.69) is 55.6 Å². The van der Waals surface area contributed by atoms with Gasteiger partial charge in [-0.3, -0.25) is 4.79 Å². The summed E-state index contributed by atoms with van der Waals surface area (Å²) in [6.07, 6.45) is 48.0. The zero-order valence-electron chi connectivity index (χ0n) is 62.2. The molecule has 17 unspecified atom stereocenters. The lowest BCUT2D eigenvalue weighted by Gasteiger charge is -2.48. The van der Waals surface area contributed by atoms with Gasteiger partial charge in [-0.2, -0.15) is 0 Å². The quantitative estimate of drug-likeness (QED) is 0.0199. The third kappa shape index (κ3) is 41.5. The Morgan fingerprint density at radius 2 is 0.667 bits per heavy atom. The summed E-state index contributed by atoms with van der Waals surface area (Å²) in [6, 6.07) is -0.890. The Labute approximate surface area is 600 Å². The van der Waals surface area contributed by atoms with Crippen LogP contribution in [0.5, 0.6) is 0 Å². The maximum atomic E-state index is 13.5. The van der Waals surface area contributed by atoms with E-state index in [1.165, 1.54) is 238 Å². The molecule has 19 heteroatoms. The van der Waals surface area contributed by atoms with Crippen molar-refractivity contribution < 1.29 is 89.4 Å². The first-order valence-corrected chi connectivity index (χ1v) is 40.7. The van der Waals surface area contributed by atoms with Gasteiger partial charge in [-0.15, -0.1) is 0 Å². The molecule has 17 atom stereocenters. The van der Waals surface area contributed by atoms with Crippen molar-refractivity contribution in [1.29, 1.82) is 0 Å². The number of hydrogen-bond acceptors (Lipinski definition) is 18. The number of unbranched alkanes of at least 4 members (excludes halogenated alkanes) is 43. The van der Waals surface area contributed by atoms with Crippen LogP contribution in [0.3, 0.4) is 0 Å². The number of hydrogen-bond donors (Lipinski definition) is 12. The van der Waals surface area contributed by atoms with Gasteiger partial charge < -0.3 is 89.9 Å². The zero-order chi connectivity index (χ0) is 71.8. The summed E-state index contributed by atoms with van der Waals surface area (Å²) >= 11 is 0. The van der Waals surface area contributed by atoms with Crippen LogP contribution in [0.1, 0.15) is 335 Å². The molecule has 0 aliphatic carbocycles. The average Bonchev–Trinajstić information content (AvgIpc) is 0.784. The molecule has 3 heterocycles. The first-order valence-electron chi connectivity index (χ1n) is 40.7. The van der Waals surface area contributed by atoms with Gasteiger partial charge in [-0.05, 0) is 51.4 Å². The van der Waals surface area contributed by atoms with Gasteiger partial charge in [0, 0.05) is 6.42 Å². The fourth-order valence-corrected chi connectivity index (χ4v) is 13.9. The van der Waals surface area contributed by atoms with Crippen molar-refractivity contribution in [3.05, 3.63) is 36.5 Å². The standard InChI is InChI=1S/C80H149NO18/c1-3-5-7-9-11-13-15-17-19-21-23-25-27-29-31-33-35-37-39-41-43-45-47-49-51-53-55-57-64(85)63(81-68(86)58-56-54-52-50-48-46-44-42-40-38-36-34-32-30-28-26-24-22-20-18-16-14-12-10-8-6-4-2)62-94-78-74(92)71(89)76(66(60-83)96-78)99-80-75(93)72(90)77(67(61-84)97-80)98-79-73(91)70(88)69(87)65(59-82)95-79/h16,18,22,24,28,30,63-67,69-80,82-85,87-93H,3-15,17,19-21,23,25-27,29,31-62H2,1-2H3,(H,81,86)/b18-16-,24-22-,30-28-. The normalized spacial score (nSPS) is 26.7. The Balaban J connectivity index is 1.37. The Kier molecular flexibility index (Phi) is 56.4. The minimum Gasteiger partial charge on any atom is -0.394 e. The number of amides is 1. The Morgan fingerprint density at radius 3 is 1.04 bits per heavy atom. The van der Waals surface area contributed by atoms with E-state index in [0.717, 1.165) is 64.2 Å². The molecule has 0 aromatic heterocycles. The number of carbonyl (C=O) groups excluding carboxylic acids is 1. The predicted molar refractivity (Wildman–Crippen MR) is 393 cm³/mol. The van der Waals surface area contributed by atoms with Crippen molar-refractivity contribution >= 4 is 5.91 Å². The summed E-state index contributed by atoms with van der Waals surface area (Å²) < 4.78 is 34.5. The molecule has 0 spiro atoms. The second-order valence-electron chi connectivity index (χ2n) is 29.2. The monoisotopic (exact) mass is 1410 g/mol. The van der Waals surface area contributed by atoms with Crippen LogP contribution in [0.25, 0.3) is 0 Å². The third-order valence-electron chi connectivity index (χ3n) is 20.5. The first-order chi connectivity index (χ1) is 48.3. The largest absolute Gasteiger partial charge is 0.394 e. The van der Waals surface area contributed by atoms with Crippen LogP contribution >= 0.6 is 0 Å². The topological polar surface area (TPSA) is 307 Å². The van der Waals surface area contributed by atoms with E-state index >= 15 is 0 Å². The second kappa shape index (κ2) is 61.2. The molecule has 0 aromatic rings. The number of carbonyl (C=O) groups is 1. The van der Waals surface area contributed by atoms with Gasteiger partial charge in [0.25, 0.3) is 0 Å². The maximum absolute atomic E-state index is 13.5. The van der Waals surface area contributed by atoms with Crippen LogP contribution in [0.4, 0.5) is 0 Å². The number of allylic oxidation sites excluding steroid dienone is 6. The second-order valence-corrected chi connectivity index (χ2v) is 29.2. The van der Waals surface area contributed by atoms with E-state index in [1.807, 2.05) is 0 Å². The SMILES string of the molecule is CCCCCCC/C=C\C/C=C\C/C=C\CCCCCCCCCCCCCCC(=O)NC(COC1OC(CO)C(OC2OC(CO)C(OC3OC(CO)C(O)C(O)C3O)C(O)C2O)C(O)C1O)C(O)CCCCCCCCCCCCCCCCCCCCCCCCCCCCC. The highest BCUT2D eigenvalue weighted by molar-refractivity contribution is 5.76. The van der Waals surface area contributed by atoms with Crippen molar-refractivity contribution in [2.45, 2.75) is 439 Å². The predicted octanol–water partition coefficient (Wildman–Crippen LogP) is 13.5. The van der Waals surface area contributed by atoms with Gasteiger partial charge >= 0.3 is 0 Å². The van der Waals surface area contributed by atoms with Crippen LogP contribution < -0.4 is 5.32 Å². The van der Waals surface area contributed by atoms with Gasteiger partial charge in [0.15, 0.2) is 18.9 Å². The fourth-order valence-electron chi connectivity index (χ4n) is 13.9. The van der Waals surface area contributed by atoms with E-state index in [9.17, 15) is 61.0 Å². The highest BCUT2D eigenvalue weighted by atomic mass is 16.8. The fraction of sp³-hybridized carbons (Fsp3) is 0.912. The molecule has 0 radical (unpaired) electrons. The van der Waals surface area contributed by atoms with E-state index in [4.69, 9.17) is 28.4 Å². The maximum Gasteiger partial charge on any atom is 0.220 e. The smallest absolute Gasteiger partial charge is 0.220 e. The number of rotatable bonds is 65. The molecule has 19 nitrogen and oxygen atoms in total. The Morgan fingerprint density at radius 1 is 0.364 bits per heavy atom. The molecular formula is C80H149NO18. The van der Waals surface area contributed by atoms with Gasteiger partial charge in [-0.25, -0.2) is 0 Å². The minimum absolute atomic E-state index is 0.240. The molecule has 0 saturated carbocycles. The summed E-state index contributed by atoms with van der Waals surface area (Å²) in [5.74, 6) is -0.240. The van der Waals surface area contributed by atoms with Crippen molar-refractivity contribution in [3.63, 3.8) is 0 Å². The molecule has 3 aliphatic heterocycles. The van der Waals surface area contributed by atoms with Crippen LogP contribution in [0.2, 0.25) is 0 Å². The Bertz CT molecular complexity index is 1930. The van der Waals surface area contributed by atoms with Gasteiger partial charge in [-0.1, -0.05) is 314 Å². The molecule has 99 heavy (non-hydrogen) atoms. The molecule has 0 bridgehead atoms. The first kappa shape index (κ1) is 91.2. The third-order valence-corrected chi connectivity index (χ3v) is 20.5.